The third-order valence-electron chi connectivity index (χ3n) is 4.01. The van der Waals surface area contributed by atoms with Crippen molar-refractivity contribution < 1.29 is 17.9 Å². The van der Waals surface area contributed by atoms with E-state index in [1.807, 2.05) is 45.0 Å². The molecule has 0 aromatic heterocycles. The lowest BCUT2D eigenvalue weighted by Crippen LogP contribution is -2.52. The van der Waals surface area contributed by atoms with E-state index in [0.717, 1.165) is 16.1 Å². The molecule has 0 radical (unpaired) electrons. The molecule has 0 saturated heterocycles. The van der Waals surface area contributed by atoms with E-state index < -0.39 is 22.0 Å². The minimum Gasteiger partial charge on any atom is -0.457 e. The number of aryl methyl sites for hydroxylation is 1. The third-order valence-corrected chi connectivity index (χ3v) is 5.17. The van der Waals surface area contributed by atoms with Crippen LogP contribution < -0.4 is 20.1 Å². The largest absolute Gasteiger partial charge is 0.457 e. The van der Waals surface area contributed by atoms with Gasteiger partial charge in [0.2, 0.25) is 15.9 Å². The molecule has 0 bridgehead atoms. The lowest BCUT2D eigenvalue weighted by atomic mass is 10.2. The van der Waals surface area contributed by atoms with Crippen molar-refractivity contribution in [3.8, 4) is 11.5 Å². The van der Waals surface area contributed by atoms with E-state index in [0.29, 0.717) is 17.2 Å². The smallest absolute Gasteiger partial charge is 0.236 e. The zero-order chi connectivity index (χ0) is 20.9. The predicted octanol–water partition coefficient (Wildman–Crippen LogP) is 2.41. The molecule has 2 aromatic carbocycles. The summed E-state index contributed by atoms with van der Waals surface area (Å²) < 4.78 is 31.5. The quantitative estimate of drug-likeness (QED) is 0.667. The van der Waals surface area contributed by atoms with Gasteiger partial charge in [0.15, 0.2) is 0 Å². The Morgan fingerprint density at radius 2 is 1.57 bits per heavy atom. The Labute approximate surface area is 166 Å². The molecule has 3 N–H and O–H groups in total. The number of carbonyl (C=O) groups is 1. The molecule has 0 spiro atoms. The first-order valence-electron chi connectivity index (χ1n) is 8.94. The van der Waals surface area contributed by atoms with Crippen LogP contribution in [0, 0.1) is 6.92 Å². The second-order valence-corrected chi connectivity index (χ2v) is 8.89. The normalized spacial score (nSPS) is 12.6. The van der Waals surface area contributed by atoms with Crippen LogP contribution in [-0.4, -0.2) is 39.2 Å². The standard InChI is InChI=1S/C20H27N3O4S/c1-14(2)22-19(20(21)24)13-23(28(4,25)26)16-7-11-18(12-8-16)27-17-9-5-15(3)6-10-17/h5-12,14,19,22H,13H2,1-4H3,(H2,21,24)/t19-/m0/s1. The zero-order valence-corrected chi connectivity index (χ0v) is 17.4. The second-order valence-electron chi connectivity index (χ2n) is 6.98. The highest BCUT2D eigenvalue weighted by Gasteiger charge is 2.25. The van der Waals surface area contributed by atoms with E-state index in [9.17, 15) is 13.2 Å². The van der Waals surface area contributed by atoms with Gasteiger partial charge in [0, 0.05) is 6.04 Å². The lowest BCUT2D eigenvalue weighted by molar-refractivity contribution is -0.119. The molecule has 1 atom stereocenters. The molecule has 28 heavy (non-hydrogen) atoms. The van der Waals surface area contributed by atoms with Gasteiger partial charge in [0.1, 0.15) is 17.5 Å². The molecule has 0 unspecified atom stereocenters. The molecule has 8 heteroatoms. The molecule has 0 heterocycles. The maximum absolute atomic E-state index is 12.3. The van der Waals surface area contributed by atoms with Gasteiger partial charge in [-0.3, -0.25) is 9.10 Å². The topological polar surface area (TPSA) is 102 Å². The number of hydrogen-bond donors (Lipinski definition) is 2. The van der Waals surface area contributed by atoms with Gasteiger partial charge in [-0.05, 0) is 43.3 Å². The van der Waals surface area contributed by atoms with Gasteiger partial charge in [0.25, 0.3) is 0 Å². The lowest BCUT2D eigenvalue weighted by Gasteiger charge is -2.27. The summed E-state index contributed by atoms with van der Waals surface area (Å²) in [6, 6.07) is 13.4. The van der Waals surface area contributed by atoms with Crippen molar-refractivity contribution in [1.29, 1.82) is 0 Å². The van der Waals surface area contributed by atoms with Gasteiger partial charge >= 0.3 is 0 Å². The van der Waals surface area contributed by atoms with Gasteiger partial charge in [0.05, 0.1) is 18.5 Å². The highest BCUT2D eigenvalue weighted by atomic mass is 32.2. The number of nitrogens with zero attached hydrogens (tertiary/aromatic N) is 1. The molecule has 0 aliphatic rings. The number of ether oxygens (including phenoxy) is 1. The van der Waals surface area contributed by atoms with Crippen LogP contribution in [0.25, 0.3) is 0 Å². The van der Waals surface area contributed by atoms with E-state index >= 15 is 0 Å². The number of hydrogen-bond acceptors (Lipinski definition) is 5. The van der Waals surface area contributed by atoms with Crippen LogP contribution in [0.15, 0.2) is 48.5 Å². The molecule has 0 aliphatic carbocycles. The van der Waals surface area contributed by atoms with Gasteiger partial charge in [-0.1, -0.05) is 31.5 Å². The van der Waals surface area contributed by atoms with Crippen molar-refractivity contribution in [2.45, 2.75) is 32.9 Å². The molecule has 7 nitrogen and oxygen atoms in total. The maximum Gasteiger partial charge on any atom is 0.236 e. The fourth-order valence-electron chi connectivity index (χ4n) is 2.65. The Kier molecular flexibility index (Phi) is 7.04. The van der Waals surface area contributed by atoms with Crippen molar-refractivity contribution in [2.24, 2.45) is 5.73 Å². The Balaban J connectivity index is 2.22. The zero-order valence-electron chi connectivity index (χ0n) is 16.5. The molecule has 0 fully saturated rings. The van der Waals surface area contributed by atoms with E-state index in [4.69, 9.17) is 10.5 Å². The number of anilines is 1. The van der Waals surface area contributed by atoms with Crippen molar-refractivity contribution >= 4 is 21.6 Å². The molecular formula is C20H27N3O4S. The van der Waals surface area contributed by atoms with Crippen LogP contribution in [0.5, 0.6) is 11.5 Å². The number of nitrogens with two attached hydrogens (primary N) is 1. The number of primary amides is 1. The minimum atomic E-state index is -3.61. The van der Waals surface area contributed by atoms with E-state index in [1.54, 1.807) is 24.3 Å². The van der Waals surface area contributed by atoms with Crippen LogP contribution >= 0.6 is 0 Å². The Hall–Kier alpha value is -2.58. The van der Waals surface area contributed by atoms with Crippen molar-refractivity contribution in [2.75, 3.05) is 17.1 Å². The first-order chi connectivity index (χ1) is 13.1. The predicted molar refractivity (Wildman–Crippen MR) is 111 cm³/mol. The molecule has 0 aliphatic heterocycles. The Morgan fingerprint density at radius 3 is 2.00 bits per heavy atom. The van der Waals surface area contributed by atoms with Gasteiger partial charge in [-0.2, -0.15) is 0 Å². The van der Waals surface area contributed by atoms with Crippen LogP contribution in [0.1, 0.15) is 19.4 Å². The average molecular weight is 406 g/mol. The summed E-state index contributed by atoms with van der Waals surface area (Å²) in [7, 11) is -3.61. The molecule has 2 rings (SSSR count). The van der Waals surface area contributed by atoms with Crippen LogP contribution in [0.3, 0.4) is 0 Å². The summed E-state index contributed by atoms with van der Waals surface area (Å²) in [5.41, 5.74) is 6.99. The van der Waals surface area contributed by atoms with Crippen molar-refractivity contribution in [3.63, 3.8) is 0 Å². The third kappa shape index (κ3) is 6.24. The highest BCUT2D eigenvalue weighted by molar-refractivity contribution is 7.92. The van der Waals surface area contributed by atoms with Crippen LogP contribution in [0.4, 0.5) is 5.69 Å². The summed E-state index contributed by atoms with van der Waals surface area (Å²) in [6.45, 7) is 5.62. The minimum absolute atomic E-state index is 0.0239. The molecule has 0 saturated carbocycles. The van der Waals surface area contributed by atoms with E-state index in [-0.39, 0.29) is 12.6 Å². The van der Waals surface area contributed by atoms with E-state index in [1.165, 1.54) is 0 Å². The monoisotopic (exact) mass is 405 g/mol. The van der Waals surface area contributed by atoms with Crippen molar-refractivity contribution in [3.05, 3.63) is 54.1 Å². The average Bonchev–Trinajstić information content (AvgIpc) is 2.60. The molecule has 152 valence electrons. The Morgan fingerprint density at radius 1 is 1.07 bits per heavy atom. The first-order valence-corrected chi connectivity index (χ1v) is 10.8. The van der Waals surface area contributed by atoms with Crippen LogP contribution in [0.2, 0.25) is 0 Å². The maximum atomic E-state index is 12.3. The fraction of sp³-hybridized carbons (Fsp3) is 0.350. The number of rotatable bonds is 9. The number of sulfonamides is 1. The fourth-order valence-corrected chi connectivity index (χ4v) is 3.57. The number of benzene rings is 2. The van der Waals surface area contributed by atoms with Gasteiger partial charge < -0.3 is 15.8 Å². The number of carbonyl (C=O) groups excluding carboxylic acids is 1. The van der Waals surface area contributed by atoms with Crippen molar-refractivity contribution in [1.82, 2.24) is 5.32 Å². The van der Waals surface area contributed by atoms with Gasteiger partial charge in [-0.15, -0.1) is 0 Å². The summed E-state index contributed by atoms with van der Waals surface area (Å²) in [5.74, 6) is 0.655. The summed E-state index contributed by atoms with van der Waals surface area (Å²) in [5, 5.41) is 2.99. The second kappa shape index (κ2) is 9.07. The SMILES string of the molecule is Cc1ccc(Oc2ccc(N(C[C@H](NC(C)C)C(N)=O)S(C)(=O)=O)cc2)cc1. The number of nitrogens with one attached hydrogen (secondary N) is 1. The summed E-state index contributed by atoms with van der Waals surface area (Å²) in [4.78, 5) is 11.7. The Bertz CT molecular complexity index is 894. The summed E-state index contributed by atoms with van der Waals surface area (Å²) in [6.07, 6.45) is 1.09. The molecule has 2 aromatic rings. The highest BCUT2D eigenvalue weighted by Crippen LogP contribution is 2.26. The van der Waals surface area contributed by atoms with E-state index in [2.05, 4.69) is 5.32 Å². The van der Waals surface area contributed by atoms with Crippen LogP contribution in [-0.2, 0) is 14.8 Å². The number of amides is 1. The summed E-state index contributed by atoms with van der Waals surface area (Å²) >= 11 is 0. The molecule has 1 amide bonds. The van der Waals surface area contributed by atoms with Gasteiger partial charge in [-0.25, -0.2) is 8.42 Å². The molecular weight excluding hydrogens is 378 g/mol. The first kappa shape index (κ1) is 21.7.